The van der Waals surface area contributed by atoms with E-state index >= 15 is 0 Å². The molecule has 148 valence electrons. The van der Waals surface area contributed by atoms with Crippen LogP contribution < -0.4 is 14.8 Å². The van der Waals surface area contributed by atoms with E-state index in [-0.39, 0.29) is 11.8 Å². The standard InChI is InChI=1S/C20H22ClN3O4/c1-27-19-17(3-2-10-22-19)28-20(26)24-11-8-14(9-12-24)13-23-18(25)15-4-6-16(21)7-5-15/h2-7,10,14H,8-9,11-13H2,1H3,(H,23,25). The molecule has 2 amide bonds. The van der Waals surface area contributed by atoms with E-state index in [4.69, 9.17) is 21.1 Å². The first-order valence-electron chi connectivity index (χ1n) is 9.06. The third-order valence-electron chi connectivity index (χ3n) is 4.66. The number of piperidine rings is 1. The third-order valence-corrected chi connectivity index (χ3v) is 4.91. The molecule has 1 saturated heterocycles. The van der Waals surface area contributed by atoms with E-state index in [9.17, 15) is 9.59 Å². The molecule has 2 aromatic rings. The van der Waals surface area contributed by atoms with E-state index in [1.54, 1.807) is 47.5 Å². The van der Waals surface area contributed by atoms with Crippen LogP contribution in [0.3, 0.4) is 0 Å². The Balaban J connectivity index is 1.44. The highest BCUT2D eigenvalue weighted by molar-refractivity contribution is 6.30. The predicted octanol–water partition coefficient (Wildman–Crippen LogP) is 3.38. The van der Waals surface area contributed by atoms with Crippen molar-refractivity contribution in [1.82, 2.24) is 15.2 Å². The Kier molecular flexibility index (Phi) is 6.71. The highest BCUT2D eigenvalue weighted by atomic mass is 35.5. The summed E-state index contributed by atoms with van der Waals surface area (Å²) < 4.78 is 10.5. The molecule has 0 aliphatic carbocycles. The number of hydrogen-bond acceptors (Lipinski definition) is 5. The van der Waals surface area contributed by atoms with Gasteiger partial charge in [0.1, 0.15) is 0 Å². The van der Waals surface area contributed by atoms with Gasteiger partial charge in [-0.2, -0.15) is 0 Å². The van der Waals surface area contributed by atoms with Crippen molar-refractivity contribution >= 4 is 23.6 Å². The second-order valence-corrected chi connectivity index (χ2v) is 6.96. The zero-order valence-electron chi connectivity index (χ0n) is 15.6. The fourth-order valence-electron chi connectivity index (χ4n) is 3.03. The van der Waals surface area contributed by atoms with E-state index in [0.29, 0.717) is 41.9 Å². The van der Waals surface area contributed by atoms with Crippen LogP contribution in [0.25, 0.3) is 0 Å². The summed E-state index contributed by atoms with van der Waals surface area (Å²) in [6, 6.07) is 10.1. The zero-order valence-corrected chi connectivity index (χ0v) is 16.3. The second kappa shape index (κ2) is 9.41. The van der Waals surface area contributed by atoms with Crippen LogP contribution >= 0.6 is 11.6 Å². The number of methoxy groups -OCH3 is 1. The molecule has 1 aliphatic rings. The molecule has 0 radical (unpaired) electrons. The number of nitrogens with zero attached hydrogens (tertiary/aromatic N) is 2. The molecule has 0 saturated carbocycles. The van der Waals surface area contributed by atoms with Crippen LogP contribution in [0.5, 0.6) is 11.6 Å². The lowest BCUT2D eigenvalue weighted by molar-refractivity contribution is 0.0931. The molecule has 0 bridgehead atoms. The van der Waals surface area contributed by atoms with Crippen LogP contribution in [-0.4, -0.2) is 48.6 Å². The van der Waals surface area contributed by atoms with Crippen molar-refractivity contribution in [2.75, 3.05) is 26.7 Å². The average molecular weight is 404 g/mol. The van der Waals surface area contributed by atoms with E-state index in [1.807, 2.05) is 0 Å². The molecule has 2 heterocycles. The van der Waals surface area contributed by atoms with E-state index in [1.165, 1.54) is 7.11 Å². The summed E-state index contributed by atoms with van der Waals surface area (Å²) in [5.74, 6) is 0.762. The molecule has 0 spiro atoms. The number of pyridine rings is 1. The van der Waals surface area contributed by atoms with Crippen molar-refractivity contribution in [1.29, 1.82) is 0 Å². The Labute approximate surface area is 168 Å². The highest BCUT2D eigenvalue weighted by Gasteiger charge is 2.25. The second-order valence-electron chi connectivity index (χ2n) is 6.53. The minimum absolute atomic E-state index is 0.123. The number of benzene rings is 1. The van der Waals surface area contributed by atoms with Gasteiger partial charge in [0.05, 0.1) is 7.11 Å². The summed E-state index contributed by atoms with van der Waals surface area (Å²) in [5, 5.41) is 3.54. The fourth-order valence-corrected chi connectivity index (χ4v) is 3.15. The minimum atomic E-state index is -0.421. The smallest absolute Gasteiger partial charge is 0.415 e. The van der Waals surface area contributed by atoms with Crippen LogP contribution in [0.15, 0.2) is 42.6 Å². The van der Waals surface area contributed by atoms with Crippen LogP contribution in [0.1, 0.15) is 23.2 Å². The van der Waals surface area contributed by atoms with Crippen molar-refractivity contribution in [3.63, 3.8) is 0 Å². The van der Waals surface area contributed by atoms with Gasteiger partial charge < -0.3 is 19.7 Å². The zero-order chi connectivity index (χ0) is 19.9. The van der Waals surface area contributed by atoms with Crippen LogP contribution in [0, 0.1) is 5.92 Å². The Morgan fingerprint density at radius 3 is 2.61 bits per heavy atom. The van der Waals surface area contributed by atoms with Gasteiger partial charge in [-0.15, -0.1) is 0 Å². The van der Waals surface area contributed by atoms with Gasteiger partial charge in [0.15, 0.2) is 5.75 Å². The first-order valence-corrected chi connectivity index (χ1v) is 9.44. The normalized spacial score (nSPS) is 14.4. The molecule has 3 rings (SSSR count). The Morgan fingerprint density at radius 2 is 1.93 bits per heavy atom. The molecular formula is C20H22ClN3O4. The van der Waals surface area contributed by atoms with E-state index < -0.39 is 6.09 Å². The number of ether oxygens (including phenoxy) is 2. The lowest BCUT2D eigenvalue weighted by atomic mass is 9.97. The van der Waals surface area contributed by atoms with Gasteiger partial charge >= 0.3 is 6.09 Å². The van der Waals surface area contributed by atoms with E-state index in [2.05, 4.69) is 10.3 Å². The van der Waals surface area contributed by atoms with Gasteiger partial charge in [0.25, 0.3) is 11.8 Å². The number of carbonyl (C=O) groups is 2. The van der Waals surface area contributed by atoms with Crippen molar-refractivity contribution in [3.05, 3.63) is 53.2 Å². The van der Waals surface area contributed by atoms with Crippen molar-refractivity contribution in [3.8, 4) is 11.6 Å². The molecule has 8 heteroatoms. The molecule has 1 aliphatic heterocycles. The molecular weight excluding hydrogens is 382 g/mol. The molecule has 7 nitrogen and oxygen atoms in total. The van der Waals surface area contributed by atoms with Crippen LogP contribution in [0.2, 0.25) is 5.02 Å². The SMILES string of the molecule is COc1ncccc1OC(=O)N1CCC(CNC(=O)c2ccc(Cl)cc2)CC1. The van der Waals surface area contributed by atoms with Gasteiger partial charge in [-0.1, -0.05) is 11.6 Å². The molecule has 0 unspecified atom stereocenters. The average Bonchev–Trinajstić information content (AvgIpc) is 2.73. The molecule has 1 aromatic heterocycles. The maximum atomic E-state index is 12.4. The lowest BCUT2D eigenvalue weighted by Crippen LogP contribution is -2.42. The third kappa shape index (κ3) is 5.13. The molecule has 1 aromatic carbocycles. The molecule has 1 fully saturated rings. The lowest BCUT2D eigenvalue weighted by Gasteiger charge is -2.31. The number of halogens is 1. The number of carbonyl (C=O) groups excluding carboxylic acids is 2. The number of rotatable bonds is 5. The van der Waals surface area contributed by atoms with Crippen LogP contribution in [0.4, 0.5) is 4.79 Å². The van der Waals surface area contributed by atoms with Gasteiger partial charge in [-0.25, -0.2) is 9.78 Å². The number of likely N-dealkylation sites (tertiary alicyclic amines) is 1. The summed E-state index contributed by atoms with van der Waals surface area (Å²) in [6.07, 6.45) is 2.73. The van der Waals surface area contributed by atoms with Gasteiger partial charge in [-0.05, 0) is 55.2 Å². The van der Waals surface area contributed by atoms with Gasteiger partial charge in [0, 0.05) is 36.4 Å². The quantitative estimate of drug-likeness (QED) is 0.827. The number of amides is 2. The Hall–Kier alpha value is -2.80. The summed E-state index contributed by atoms with van der Waals surface area (Å²) in [6.45, 7) is 1.71. The maximum absolute atomic E-state index is 12.4. The monoisotopic (exact) mass is 403 g/mol. The van der Waals surface area contributed by atoms with Crippen molar-refractivity contribution < 1.29 is 19.1 Å². The first-order chi connectivity index (χ1) is 13.6. The maximum Gasteiger partial charge on any atom is 0.415 e. The molecule has 0 atom stereocenters. The summed E-state index contributed by atoms with van der Waals surface area (Å²) in [5.41, 5.74) is 0.579. The summed E-state index contributed by atoms with van der Waals surface area (Å²) in [7, 11) is 1.48. The topological polar surface area (TPSA) is 80.8 Å². The molecule has 1 N–H and O–H groups in total. The van der Waals surface area contributed by atoms with Gasteiger partial charge in [0.2, 0.25) is 0 Å². The minimum Gasteiger partial charge on any atom is -0.478 e. The van der Waals surface area contributed by atoms with Gasteiger partial charge in [-0.3, -0.25) is 4.79 Å². The number of aromatic nitrogens is 1. The Bertz CT molecular complexity index is 820. The van der Waals surface area contributed by atoms with Crippen molar-refractivity contribution in [2.45, 2.75) is 12.8 Å². The number of hydrogen-bond donors (Lipinski definition) is 1. The molecule has 28 heavy (non-hydrogen) atoms. The largest absolute Gasteiger partial charge is 0.478 e. The van der Waals surface area contributed by atoms with Crippen molar-refractivity contribution in [2.24, 2.45) is 5.92 Å². The predicted molar refractivity (Wildman–Crippen MR) is 105 cm³/mol. The first kappa shape index (κ1) is 19.9. The fraction of sp³-hybridized carbons (Fsp3) is 0.350. The summed E-state index contributed by atoms with van der Waals surface area (Å²) in [4.78, 5) is 30.2. The number of nitrogens with one attached hydrogen (secondary N) is 1. The summed E-state index contributed by atoms with van der Waals surface area (Å²) >= 11 is 5.84. The highest BCUT2D eigenvalue weighted by Crippen LogP contribution is 2.25. The Morgan fingerprint density at radius 1 is 1.21 bits per heavy atom. The van der Waals surface area contributed by atoms with Crippen LogP contribution in [-0.2, 0) is 0 Å². The van der Waals surface area contributed by atoms with E-state index in [0.717, 1.165) is 12.8 Å².